The first kappa shape index (κ1) is 16.7. The van der Waals surface area contributed by atoms with Gasteiger partial charge in [-0.05, 0) is 25.5 Å². The van der Waals surface area contributed by atoms with E-state index in [4.69, 9.17) is 0 Å². The maximum atomic E-state index is 12.5. The lowest BCUT2D eigenvalue weighted by molar-refractivity contribution is 0.0715. The second-order valence-corrected chi connectivity index (χ2v) is 7.72. The molecule has 6 nitrogen and oxygen atoms in total. The Morgan fingerprint density at radius 3 is 2.71 bits per heavy atom. The third-order valence-electron chi connectivity index (χ3n) is 4.23. The molecule has 0 saturated carbocycles. The highest BCUT2D eigenvalue weighted by Gasteiger charge is 2.27. The molecule has 1 aliphatic heterocycles. The summed E-state index contributed by atoms with van der Waals surface area (Å²) in [5.74, 6) is -0.121. The molecular formula is C17H21N3O3S. The highest BCUT2D eigenvalue weighted by Crippen LogP contribution is 2.20. The number of fused-ring (bicyclic) bond motifs is 1. The summed E-state index contributed by atoms with van der Waals surface area (Å²) in [6.45, 7) is 5.94. The Morgan fingerprint density at radius 1 is 1.21 bits per heavy atom. The van der Waals surface area contributed by atoms with Crippen molar-refractivity contribution in [1.82, 2.24) is 14.2 Å². The molecule has 0 fully saturated rings. The molecular weight excluding hydrogens is 326 g/mol. The van der Waals surface area contributed by atoms with Gasteiger partial charge in [0, 0.05) is 32.4 Å². The van der Waals surface area contributed by atoms with Gasteiger partial charge in [0.25, 0.3) is 5.91 Å². The summed E-state index contributed by atoms with van der Waals surface area (Å²) in [7, 11) is -3.65. The molecule has 1 N–H and O–H groups in total. The van der Waals surface area contributed by atoms with Gasteiger partial charge in [0.2, 0.25) is 10.0 Å². The lowest BCUT2D eigenvalue weighted by Gasteiger charge is -2.26. The smallest absolute Gasteiger partial charge is 0.270 e. The zero-order chi connectivity index (χ0) is 17.3. The summed E-state index contributed by atoms with van der Waals surface area (Å²) in [6.07, 6.45) is 1.54. The van der Waals surface area contributed by atoms with E-state index in [0.29, 0.717) is 25.3 Å². The van der Waals surface area contributed by atoms with Gasteiger partial charge in [-0.25, -0.2) is 13.1 Å². The number of nitrogens with one attached hydrogen (secondary N) is 1. The molecule has 7 heteroatoms. The summed E-state index contributed by atoms with van der Waals surface area (Å²) in [5.41, 5.74) is 2.41. The maximum Gasteiger partial charge on any atom is 0.270 e. The average Bonchev–Trinajstić information content (AvgIpc) is 3.00. The Labute approximate surface area is 142 Å². The van der Waals surface area contributed by atoms with Crippen LogP contribution in [0.25, 0.3) is 0 Å². The second kappa shape index (κ2) is 6.41. The number of benzene rings is 1. The number of hydrogen-bond acceptors (Lipinski definition) is 3. The highest BCUT2D eigenvalue weighted by molar-refractivity contribution is 7.89. The van der Waals surface area contributed by atoms with Gasteiger partial charge < -0.3 is 9.47 Å². The third-order valence-corrected chi connectivity index (χ3v) is 5.60. The molecule has 1 amide bonds. The minimum atomic E-state index is -3.65. The van der Waals surface area contributed by atoms with E-state index in [0.717, 1.165) is 11.1 Å². The fourth-order valence-electron chi connectivity index (χ4n) is 2.87. The molecule has 0 atom stereocenters. The molecule has 0 radical (unpaired) electrons. The number of carbonyl (C=O) groups is 1. The van der Waals surface area contributed by atoms with Crippen LogP contribution in [0.5, 0.6) is 0 Å². The standard InChI is InChI=1S/C17H21N3O3S/c1-3-19-7-8-20-12-15(10-16(20)17(19)21)24(22,23)18-11-14-6-4-5-13(2)9-14/h4-6,9-10,12,18H,3,7-8,11H2,1-2H3. The predicted octanol–water partition coefficient (Wildman–Crippen LogP) is 1.75. The van der Waals surface area contributed by atoms with Crippen molar-refractivity contribution in [2.45, 2.75) is 31.8 Å². The number of amides is 1. The van der Waals surface area contributed by atoms with E-state index < -0.39 is 10.0 Å². The molecule has 0 unspecified atom stereocenters. The van der Waals surface area contributed by atoms with Crippen LogP contribution >= 0.6 is 0 Å². The van der Waals surface area contributed by atoms with Crippen molar-refractivity contribution >= 4 is 15.9 Å². The normalized spacial score (nSPS) is 14.8. The van der Waals surface area contributed by atoms with Gasteiger partial charge in [-0.2, -0.15) is 0 Å². The van der Waals surface area contributed by atoms with Crippen molar-refractivity contribution in [1.29, 1.82) is 0 Å². The van der Waals surface area contributed by atoms with Crippen LogP contribution in [0.1, 0.15) is 28.5 Å². The molecule has 1 aromatic heterocycles. The van der Waals surface area contributed by atoms with E-state index in [1.54, 1.807) is 15.7 Å². The number of aryl methyl sites for hydroxylation is 1. The van der Waals surface area contributed by atoms with Crippen LogP contribution in [0.4, 0.5) is 0 Å². The zero-order valence-corrected chi connectivity index (χ0v) is 14.6. The quantitative estimate of drug-likeness (QED) is 0.896. The Bertz CT molecular complexity index is 871. The van der Waals surface area contributed by atoms with Crippen LogP contribution in [-0.4, -0.2) is 36.9 Å². The summed E-state index contributed by atoms with van der Waals surface area (Å²) in [5, 5.41) is 0. The van der Waals surface area contributed by atoms with Gasteiger partial charge in [0.1, 0.15) is 10.6 Å². The summed E-state index contributed by atoms with van der Waals surface area (Å²) in [4.78, 5) is 14.1. The number of aromatic nitrogens is 1. The monoisotopic (exact) mass is 347 g/mol. The highest BCUT2D eigenvalue weighted by atomic mass is 32.2. The van der Waals surface area contributed by atoms with Crippen molar-refractivity contribution < 1.29 is 13.2 Å². The van der Waals surface area contributed by atoms with E-state index >= 15 is 0 Å². The first-order valence-electron chi connectivity index (χ1n) is 7.95. The number of sulfonamides is 1. The average molecular weight is 347 g/mol. The number of nitrogens with zero attached hydrogens (tertiary/aromatic N) is 2. The van der Waals surface area contributed by atoms with Crippen molar-refractivity contribution in [2.24, 2.45) is 0 Å². The number of hydrogen-bond donors (Lipinski definition) is 1. The second-order valence-electron chi connectivity index (χ2n) is 5.95. The zero-order valence-electron chi connectivity index (χ0n) is 13.8. The number of rotatable bonds is 5. The molecule has 1 aromatic carbocycles. The molecule has 3 rings (SSSR count). The van der Waals surface area contributed by atoms with Gasteiger partial charge in [-0.3, -0.25) is 4.79 Å². The van der Waals surface area contributed by atoms with Crippen LogP contribution in [0.15, 0.2) is 41.4 Å². The van der Waals surface area contributed by atoms with Gasteiger partial charge in [-0.15, -0.1) is 0 Å². The number of likely N-dealkylation sites (N-methyl/N-ethyl adjacent to an activating group) is 1. The molecule has 0 bridgehead atoms. The molecule has 2 aromatic rings. The van der Waals surface area contributed by atoms with E-state index in [9.17, 15) is 13.2 Å². The minimum absolute atomic E-state index is 0.121. The SMILES string of the molecule is CCN1CCn2cc(S(=O)(=O)NCc3cccc(C)c3)cc2C1=O. The van der Waals surface area contributed by atoms with Gasteiger partial charge in [0.15, 0.2) is 0 Å². The van der Waals surface area contributed by atoms with Crippen molar-refractivity contribution in [3.05, 3.63) is 53.3 Å². The van der Waals surface area contributed by atoms with Gasteiger partial charge >= 0.3 is 0 Å². The predicted molar refractivity (Wildman–Crippen MR) is 91.2 cm³/mol. The minimum Gasteiger partial charge on any atom is -0.340 e. The van der Waals surface area contributed by atoms with Crippen LogP contribution in [0.3, 0.4) is 0 Å². The van der Waals surface area contributed by atoms with Crippen molar-refractivity contribution in [2.75, 3.05) is 13.1 Å². The molecule has 0 aliphatic carbocycles. The van der Waals surface area contributed by atoms with E-state index in [1.807, 2.05) is 38.1 Å². The third kappa shape index (κ3) is 3.22. The van der Waals surface area contributed by atoms with E-state index in [1.165, 1.54) is 6.07 Å². The molecule has 0 saturated heterocycles. The molecule has 0 spiro atoms. The van der Waals surface area contributed by atoms with E-state index in [-0.39, 0.29) is 17.3 Å². The Hall–Kier alpha value is -2.12. The molecule has 1 aliphatic rings. The largest absolute Gasteiger partial charge is 0.340 e. The number of carbonyl (C=O) groups excluding carboxylic acids is 1. The van der Waals surface area contributed by atoms with Crippen LogP contribution < -0.4 is 4.72 Å². The Morgan fingerprint density at radius 2 is 2.00 bits per heavy atom. The first-order chi connectivity index (χ1) is 11.4. The fraction of sp³-hybridized carbons (Fsp3) is 0.353. The Kier molecular flexibility index (Phi) is 4.47. The van der Waals surface area contributed by atoms with Crippen LogP contribution in [0, 0.1) is 6.92 Å². The van der Waals surface area contributed by atoms with Crippen molar-refractivity contribution in [3.63, 3.8) is 0 Å². The fourth-order valence-corrected chi connectivity index (χ4v) is 3.93. The van der Waals surface area contributed by atoms with E-state index in [2.05, 4.69) is 4.72 Å². The topological polar surface area (TPSA) is 71.4 Å². The maximum absolute atomic E-state index is 12.5. The van der Waals surface area contributed by atoms with Gasteiger partial charge in [0.05, 0.1) is 0 Å². The summed E-state index contributed by atoms with van der Waals surface area (Å²) in [6, 6.07) is 9.14. The summed E-state index contributed by atoms with van der Waals surface area (Å²) < 4.78 is 29.4. The molecule has 128 valence electrons. The van der Waals surface area contributed by atoms with Gasteiger partial charge in [-0.1, -0.05) is 29.8 Å². The molecule has 24 heavy (non-hydrogen) atoms. The van der Waals surface area contributed by atoms with Crippen LogP contribution in [-0.2, 0) is 23.1 Å². The Balaban J connectivity index is 1.80. The lowest BCUT2D eigenvalue weighted by atomic mass is 10.1. The van der Waals surface area contributed by atoms with Crippen molar-refractivity contribution in [3.8, 4) is 0 Å². The van der Waals surface area contributed by atoms with Crippen LogP contribution in [0.2, 0.25) is 0 Å². The first-order valence-corrected chi connectivity index (χ1v) is 9.43. The molecule has 2 heterocycles. The summed E-state index contributed by atoms with van der Waals surface area (Å²) >= 11 is 0. The lowest BCUT2D eigenvalue weighted by Crippen LogP contribution is -2.39.